The molecule has 0 rings (SSSR count). The smallest absolute Gasteiger partial charge is 0.325 e. The minimum Gasteiger partial charge on any atom is -0.480 e. The lowest BCUT2D eigenvalue weighted by atomic mass is 10.3. The SMILES string of the molecule is CCOC(=O)CN(CC)C(=O)N(CC(=O)O)C(C)C. The molecular weight excluding hydrogens is 252 g/mol. The Bertz CT molecular complexity index is 330. The normalized spacial score (nSPS) is 10.2. The summed E-state index contributed by atoms with van der Waals surface area (Å²) in [5, 5.41) is 8.80. The standard InChI is InChI=1S/C12H22N2O5/c1-5-13(8-11(17)19-6-2)12(18)14(9(3)4)7-10(15)16/h9H,5-8H2,1-4H3,(H,15,16). The summed E-state index contributed by atoms with van der Waals surface area (Å²) < 4.78 is 4.78. The largest absolute Gasteiger partial charge is 0.480 e. The summed E-state index contributed by atoms with van der Waals surface area (Å²) in [7, 11) is 0. The van der Waals surface area contributed by atoms with E-state index in [0.717, 1.165) is 0 Å². The molecule has 0 aliphatic heterocycles. The van der Waals surface area contributed by atoms with Crippen LogP contribution in [0.25, 0.3) is 0 Å². The number of carbonyl (C=O) groups excluding carboxylic acids is 2. The number of carboxylic acids is 1. The number of likely N-dealkylation sites (N-methyl/N-ethyl adjacent to an activating group) is 1. The number of hydrogen-bond donors (Lipinski definition) is 1. The molecule has 0 spiro atoms. The molecule has 0 aliphatic carbocycles. The summed E-state index contributed by atoms with van der Waals surface area (Å²) in [6.45, 7) is 6.82. The van der Waals surface area contributed by atoms with Crippen molar-refractivity contribution in [2.45, 2.75) is 33.7 Å². The molecule has 0 aromatic rings. The highest BCUT2D eigenvalue weighted by atomic mass is 16.5. The predicted molar refractivity (Wildman–Crippen MR) is 68.8 cm³/mol. The van der Waals surface area contributed by atoms with E-state index in [1.54, 1.807) is 27.7 Å². The number of urea groups is 1. The zero-order valence-corrected chi connectivity index (χ0v) is 11.9. The van der Waals surface area contributed by atoms with Gasteiger partial charge in [-0.2, -0.15) is 0 Å². The molecule has 0 unspecified atom stereocenters. The second kappa shape index (κ2) is 8.34. The number of nitrogens with zero attached hydrogens (tertiary/aromatic N) is 2. The summed E-state index contributed by atoms with van der Waals surface area (Å²) >= 11 is 0. The molecule has 0 saturated heterocycles. The number of rotatable bonds is 7. The van der Waals surface area contributed by atoms with E-state index in [4.69, 9.17) is 9.84 Å². The number of esters is 1. The summed E-state index contributed by atoms with van der Waals surface area (Å²) in [6.07, 6.45) is 0. The quantitative estimate of drug-likeness (QED) is 0.693. The van der Waals surface area contributed by atoms with Crippen molar-refractivity contribution in [1.82, 2.24) is 9.80 Å². The van der Waals surface area contributed by atoms with Crippen LogP contribution in [0.4, 0.5) is 4.79 Å². The lowest BCUT2D eigenvalue weighted by Gasteiger charge is -2.31. The monoisotopic (exact) mass is 274 g/mol. The van der Waals surface area contributed by atoms with Gasteiger partial charge in [0.05, 0.1) is 6.61 Å². The fourth-order valence-corrected chi connectivity index (χ4v) is 1.48. The predicted octanol–water partition coefficient (Wildman–Crippen LogP) is 0.786. The molecule has 0 aromatic heterocycles. The van der Waals surface area contributed by atoms with E-state index in [-0.39, 0.29) is 19.2 Å². The molecule has 2 amide bonds. The summed E-state index contributed by atoms with van der Waals surface area (Å²) in [6, 6.07) is -0.743. The third kappa shape index (κ3) is 6.08. The van der Waals surface area contributed by atoms with Crippen molar-refractivity contribution >= 4 is 18.0 Å². The lowest BCUT2D eigenvalue weighted by molar-refractivity contribution is -0.143. The highest BCUT2D eigenvalue weighted by Gasteiger charge is 2.25. The molecule has 1 N–H and O–H groups in total. The van der Waals surface area contributed by atoms with Gasteiger partial charge in [-0.3, -0.25) is 9.59 Å². The van der Waals surface area contributed by atoms with Gasteiger partial charge in [0.25, 0.3) is 0 Å². The third-order valence-corrected chi connectivity index (χ3v) is 2.45. The number of amides is 2. The first kappa shape index (κ1) is 17.2. The van der Waals surface area contributed by atoms with Gasteiger partial charge in [0.2, 0.25) is 0 Å². The number of hydrogen-bond acceptors (Lipinski definition) is 4. The van der Waals surface area contributed by atoms with Gasteiger partial charge in [-0.1, -0.05) is 0 Å². The molecular formula is C12H22N2O5. The average Bonchev–Trinajstić information content (AvgIpc) is 2.32. The van der Waals surface area contributed by atoms with Crippen molar-refractivity contribution in [1.29, 1.82) is 0 Å². The highest BCUT2D eigenvalue weighted by molar-refractivity contribution is 5.83. The maximum atomic E-state index is 12.2. The van der Waals surface area contributed by atoms with Crippen molar-refractivity contribution in [2.24, 2.45) is 0 Å². The first-order chi connectivity index (χ1) is 8.83. The fourth-order valence-electron chi connectivity index (χ4n) is 1.48. The van der Waals surface area contributed by atoms with E-state index in [9.17, 15) is 14.4 Å². The molecule has 0 heterocycles. The fraction of sp³-hybridized carbons (Fsp3) is 0.750. The molecule has 0 fully saturated rings. The van der Waals surface area contributed by atoms with Crippen LogP contribution in [-0.4, -0.2) is 65.2 Å². The lowest BCUT2D eigenvalue weighted by Crippen LogP contribution is -2.50. The molecule has 0 saturated carbocycles. The molecule has 0 bridgehead atoms. The van der Waals surface area contributed by atoms with Gasteiger partial charge in [-0.05, 0) is 27.7 Å². The van der Waals surface area contributed by atoms with Gasteiger partial charge in [0.15, 0.2) is 0 Å². The Balaban J connectivity index is 4.77. The molecule has 7 nitrogen and oxygen atoms in total. The van der Waals surface area contributed by atoms with E-state index < -0.39 is 24.5 Å². The third-order valence-electron chi connectivity index (χ3n) is 2.45. The van der Waals surface area contributed by atoms with E-state index in [0.29, 0.717) is 6.54 Å². The molecule has 0 radical (unpaired) electrons. The second-order valence-electron chi connectivity index (χ2n) is 4.22. The molecule has 0 aromatic carbocycles. The topological polar surface area (TPSA) is 87.2 Å². The first-order valence-electron chi connectivity index (χ1n) is 6.26. The molecule has 110 valence electrons. The van der Waals surface area contributed by atoms with Crippen LogP contribution in [0.1, 0.15) is 27.7 Å². The van der Waals surface area contributed by atoms with Gasteiger partial charge in [-0.25, -0.2) is 4.79 Å². The van der Waals surface area contributed by atoms with E-state index in [1.807, 2.05) is 0 Å². The molecule has 19 heavy (non-hydrogen) atoms. The van der Waals surface area contributed by atoms with Crippen LogP contribution in [0.15, 0.2) is 0 Å². The van der Waals surface area contributed by atoms with Gasteiger partial charge >= 0.3 is 18.0 Å². The van der Waals surface area contributed by atoms with Crippen LogP contribution >= 0.6 is 0 Å². The zero-order valence-electron chi connectivity index (χ0n) is 11.9. The number of carbonyl (C=O) groups is 3. The Hall–Kier alpha value is -1.79. The average molecular weight is 274 g/mol. The highest BCUT2D eigenvalue weighted by Crippen LogP contribution is 2.05. The Morgan fingerprint density at radius 3 is 2.11 bits per heavy atom. The number of aliphatic carboxylic acids is 1. The maximum absolute atomic E-state index is 12.2. The Morgan fingerprint density at radius 2 is 1.74 bits per heavy atom. The van der Waals surface area contributed by atoms with Crippen LogP contribution in [0.5, 0.6) is 0 Å². The second-order valence-corrected chi connectivity index (χ2v) is 4.22. The van der Waals surface area contributed by atoms with Crippen LogP contribution in [-0.2, 0) is 14.3 Å². The van der Waals surface area contributed by atoms with Crippen LogP contribution in [0, 0.1) is 0 Å². The van der Waals surface area contributed by atoms with Gasteiger partial charge in [0, 0.05) is 12.6 Å². The van der Waals surface area contributed by atoms with Gasteiger partial charge in [0.1, 0.15) is 13.1 Å². The van der Waals surface area contributed by atoms with Crippen molar-refractivity contribution in [3.05, 3.63) is 0 Å². The van der Waals surface area contributed by atoms with Gasteiger partial charge in [-0.15, -0.1) is 0 Å². The maximum Gasteiger partial charge on any atom is 0.325 e. The minimum absolute atomic E-state index is 0.175. The van der Waals surface area contributed by atoms with Crippen molar-refractivity contribution in [2.75, 3.05) is 26.2 Å². The minimum atomic E-state index is -1.09. The zero-order chi connectivity index (χ0) is 15.0. The summed E-state index contributed by atoms with van der Waals surface area (Å²) in [5.74, 6) is -1.59. The van der Waals surface area contributed by atoms with Crippen LogP contribution in [0.3, 0.4) is 0 Å². The Morgan fingerprint density at radius 1 is 1.16 bits per heavy atom. The summed E-state index contributed by atoms with van der Waals surface area (Å²) in [5.41, 5.74) is 0. The molecule has 7 heteroatoms. The molecule has 0 aliphatic rings. The molecule has 0 atom stereocenters. The van der Waals surface area contributed by atoms with Crippen LogP contribution in [0.2, 0.25) is 0 Å². The number of ether oxygens (including phenoxy) is 1. The first-order valence-corrected chi connectivity index (χ1v) is 6.26. The Labute approximate surface area is 113 Å². The van der Waals surface area contributed by atoms with E-state index in [1.165, 1.54) is 9.80 Å². The number of carboxylic acid groups (broad SMARTS) is 1. The van der Waals surface area contributed by atoms with E-state index >= 15 is 0 Å². The van der Waals surface area contributed by atoms with Crippen molar-refractivity contribution in [3.63, 3.8) is 0 Å². The summed E-state index contributed by atoms with van der Waals surface area (Å²) in [4.78, 5) is 36.8. The van der Waals surface area contributed by atoms with E-state index in [2.05, 4.69) is 0 Å². The van der Waals surface area contributed by atoms with Crippen molar-refractivity contribution < 1.29 is 24.2 Å². The Kier molecular flexibility index (Phi) is 7.55. The van der Waals surface area contributed by atoms with Crippen molar-refractivity contribution in [3.8, 4) is 0 Å². The van der Waals surface area contributed by atoms with Crippen LogP contribution < -0.4 is 0 Å². The van der Waals surface area contributed by atoms with Gasteiger partial charge < -0.3 is 19.6 Å².